The number of benzene rings is 2. The normalized spacial score (nSPS) is 11.3. The number of hydrogen-bond donors (Lipinski definition) is 1. The van der Waals surface area contributed by atoms with E-state index in [9.17, 15) is 18.0 Å². The molecule has 3 aromatic rings. The van der Waals surface area contributed by atoms with E-state index < -0.39 is 17.6 Å². The molecule has 0 radical (unpaired) electrons. The molecule has 0 aliphatic rings. The fourth-order valence-corrected chi connectivity index (χ4v) is 3.33. The number of rotatable bonds is 6. The summed E-state index contributed by atoms with van der Waals surface area (Å²) < 4.78 is 43.7. The molecule has 0 aliphatic heterocycles. The zero-order valence-corrected chi connectivity index (χ0v) is 15.9. The molecule has 0 spiro atoms. The van der Waals surface area contributed by atoms with Crippen LogP contribution >= 0.6 is 22.9 Å². The largest absolute Gasteiger partial charge is 0.484 e. The maximum atomic E-state index is 12.8. The van der Waals surface area contributed by atoms with E-state index in [0.717, 1.165) is 17.0 Å². The van der Waals surface area contributed by atoms with Crippen LogP contribution < -0.4 is 10.1 Å². The first-order valence-electron chi connectivity index (χ1n) is 8.08. The minimum atomic E-state index is -4.38. The molecule has 0 fully saturated rings. The van der Waals surface area contributed by atoms with Crippen LogP contribution in [-0.4, -0.2) is 17.5 Å². The predicted octanol–water partition coefficient (Wildman–Crippen LogP) is 5.42. The van der Waals surface area contributed by atoms with Gasteiger partial charge in [-0.3, -0.25) is 10.1 Å². The lowest BCUT2D eigenvalue weighted by Crippen LogP contribution is -2.19. The number of halogens is 4. The molecule has 1 aromatic heterocycles. The summed E-state index contributed by atoms with van der Waals surface area (Å²) in [6, 6.07) is 11.7. The highest BCUT2D eigenvalue weighted by molar-refractivity contribution is 7.15. The molecule has 0 bridgehead atoms. The third-order valence-corrected chi connectivity index (χ3v) is 4.78. The van der Waals surface area contributed by atoms with Crippen molar-refractivity contribution in [2.75, 3.05) is 11.9 Å². The first kappa shape index (κ1) is 20.2. The molecule has 0 aliphatic carbocycles. The average molecular weight is 427 g/mol. The number of nitrogens with one attached hydrogen (secondary N) is 1. The highest BCUT2D eigenvalue weighted by Crippen LogP contribution is 2.30. The minimum Gasteiger partial charge on any atom is -0.484 e. The van der Waals surface area contributed by atoms with Gasteiger partial charge >= 0.3 is 6.18 Å². The molecule has 0 unspecified atom stereocenters. The summed E-state index contributed by atoms with van der Waals surface area (Å²) in [6.45, 7) is -0.204. The van der Waals surface area contributed by atoms with Gasteiger partial charge in [-0.05, 0) is 35.9 Å². The van der Waals surface area contributed by atoms with Gasteiger partial charge in [0.25, 0.3) is 5.91 Å². The van der Waals surface area contributed by atoms with E-state index in [1.807, 2.05) is 0 Å². The maximum absolute atomic E-state index is 12.8. The molecular formula is C19H14ClF3N2O2S. The van der Waals surface area contributed by atoms with Gasteiger partial charge in [0, 0.05) is 22.5 Å². The summed E-state index contributed by atoms with van der Waals surface area (Å²) in [5.74, 6) is 0.110. The van der Waals surface area contributed by atoms with Gasteiger partial charge in [0.15, 0.2) is 11.7 Å². The van der Waals surface area contributed by atoms with E-state index in [1.165, 1.54) is 23.6 Å². The van der Waals surface area contributed by atoms with Gasteiger partial charge in [-0.25, -0.2) is 4.98 Å². The second kappa shape index (κ2) is 8.62. The Labute approximate surface area is 167 Å². The molecule has 0 atom stereocenters. The molecule has 146 valence electrons. The van der Waals surface area contributed by atoms with Crippen LogP contribution in [0.5, 0.6) is 5.75 Å². The molecule has 28 heavy (non-hydrogen) atoms. The quantitative estimate of drug-likeness (QED) is 0.572. The fourth-order valence-electron chi connectivity index (χ4n) is 2.34. The van der Waals surface area contributed by atoms with Crippen LogP contribution in [0.3, 0.4) is 0 Å². The van der Waals surface area contributed by atoms with E-state index in [4.69, 9.17) is 16.3 Å². The number of carbonyl (C=O) groups is 1. The van der Waals surface area contributed by atoms with Crippen molar-refractivity contribution in [2.45, 2.75) is 12.6 Å². The molecule has 4 nitrogen and oxygen atoms in total. The molecule has 1 amide bonds. The summed E-state index contributed by atoms with van der Waals surface area (Å²) in [6.07, 6.45) is -2.56. The fraction of sp³-hybridized carbons (Fsp3) is 0.158. The van der Waals surface area contributed by atoms with Crippen molar-refractivity contribution < 1.29 is 22.7 Å². The lowest BCUT2D eigenvalue weighted by Gasteiger charge is -2.08. The van der Waals surface area contributed by atoms with Crippen LogP contribution in [0.4, 0.5) is 18.3 Å². The SMILES string of the molecule is O=C(COc1ccc(Cl)cc1)Nc1ncc(Cc2cccc(C(F)(F)F)c2)s1. The lowest BCUT2D eigenvalue weighted by molar-refractivity contribution is -0.137. The molecule has 1 N–H and O–H groups in total. The van der Waals surface area contributed by atoms with Gasteiger partial charge in [0.05, 0.1) is 5.56 Å². The average Bonchev–Trinajstić information content (AvgIpc) is 3.07. The van der Waals surface area contributed by atoms with Crippen molar-refractivity contribution in [2.24, 2.45) is 0 Å². The third-order valence-electron chi connectivity index (χ3n) is 3.62. The van der Waals surface area contributed by atoms with Crippen molar-refractivity contribution >= 4 is 34.0 Å². The van der Waals surface area contributed by atoms with Gasteiger partial charge in [-0.1, -0.05) is 29.8 Å². The summed E-state index contributed by atoms with van der Waals surface area (Å²) in [5.41, 5.74) is -0.176. The summed E-state index contributed by atoms with van der Waals surface area (Å²) >= 11 is 6.97. The number of hydrogen-bond acceptors (Lipinski definition) is 4. The Kier molecular flexibility index (Phi) is 6.21. The lowest BCUT2D eigenvalue weighted by atomic mass is 10.1. The Morgan fingerprint density at radius 3 is 2.64 bits per heavy atom. The van der Waals surface area contributed by atoms with Crippen LogP contribution in [0.2, 0.25) is 5.02 Å². The molecule has 2 aromatic carbocycles. The summed E-state index contributed by atoms with van der Waals surface area (Å²) in [4.78, 5) is 16.8. The third kappa shape index (κ3) is 5.71. The topological polar surface area (TPSA) is 51.2 Å². The monoisotopic (exact) mass is 426 g/mol. The Morgan fingerprint density at radius 1 is 1.18 bits per heavy atom. The highest BCUT2D eigenvalue weighted by atomic mass is 35.5. The predicted molar refractivity (Wildman–Crippen MR) is 102 cm³/mol. The maximum Gasteiger partial charge on any atom is 0.416 e. The minimum absolute atomic E-state index is 0.204. The number of aromatic nitrogens is 1. The molecule has 0 saturated carbocycles. The Balaban J connectivity index is 1.55. The zero-order chi connectivity index (χ0) is 20.1. The van der Waals surface area contributed by atoms with Gasteiger partial charge in [-0.2, -0.15) is 13.2 Å². The van der Waals surface area contributed by atoms with Gasteiger partial charge in [0.1, 0.15) is 5.75 Å². The van der Waals surface area contributed by atoms with Crippen LogP contribution in [-0.2, 0) is 17.4 Å². The number of carbonyl (C=O) groups excluding carboxylic acids is 1. The van der Waals surface area contributed by atoms with Crippen LogP contribution in [0.25, 0.3) is 0 Å². The van der Waals surface area contributed by atoms with Crippen molar-refractivity contribution in [3.63, 3.8) is 0 Å². The number of nitrogens with zero attached hydrogens (tertiary/aromatic N) is 1. The van der Waals surface area contributed by atoms with Gasteiger partial charge in [-0.15, -0.1) is 11.3 Å². The van der Waals surface area contributed by atoms with Crippen molar-refractivity contribution in [3.8, 4) is 5.75 Å². The summed E-state index contributed by atoms with van der Waals surface area (Å²) in [7, 11) is 0. The van der Waals surface area contributed by atoms with E-state index in [0.29, 0.717) is 27.9 Å². The number of ether oxygens (including phenoxy) is 1. The summed E-state index contributed by atoms with van der Waals surface area (Å²) in [5, 5.41) is 3.52. The number of alkyl halides is 3. The molecule has 0 saturated heterocycles. The second-order valence-corrected chi connectivity index (χ2v) is 7.35. The number of thiazole rings is 1. The highest BCUT2D eigenvalue weighted by Gasteiger charge is 2.30. The van der Waals surface area contributed by atoms with E-state index in [2.05, 4.69) is 10.3 Å². The first-order chi connectivity index (χ1) is 13.3. The number of amides is 1. The smallest absolute Gasteiger partial charge is 0.416 e. The Bertz CT molecular complexity index is 958. The van der Waals surface area contributed by atoms with Crippen molar-refractivity contribution in [1.82, 2.24) is 4.98 Å². The first-order valence-corrected chi connectivity index (χ1v) is 9.28. The van der Waals surface area contributed by atoms with E-state index >= 15 is 0 Å². The van der Waals surface area contributed by atoms with Gasteiger partial charge < -0.3 is 4.74 Å². The molecule has 3 rings (SSSR count). The Hall–Kier alpha value is -2.58. The molecule has 1 heterocycles. The zero-order valence-electron chi connectivity index (χ0n) is 14.3. The Morgan fingerprint density at radius 2 is 1.93 bits per heavy atom. The van der Waals surface area contributed by atoms with E-state index in [-0.39, 0.29) is 6.61 Å². The van der Waals surface area contributed by atoms with Crippen LogP contribution in [0, 0.1) is 0 Å². The van der Waals surface area contributed by atoms with Crippen LogP contribution in [0.1, 0.15) is 16.0 Å². The number of anilines is 1. The standard InChI is InChI=1S/C19H14ClF3N2O2S/c20-14-4-6-15(7-5-14)27-11-17(26)25-18-24-10-16(28-18)9-12-2-1-3-13(8-12)19(21,22)23/h1-8,10H,9,11H2,(H,24,25,26). The molecule has 9 heteroatoms. The van der Waals surface area contributed by atoms with Crippen molar-refractivity contribution in [1.29, 1.82) is 0 Å². The van der Waals surface area contributed by atoms with Gasteiger partial charge in [0.2, 0.25) is 0 Å². The second-order valence-electron chi connectivity index (χ2n) is 5.80. The van der Waals surface area contributed by atoms with Crippen LogP contribution in [0.15, 0.2) is 54.7 Å². The van der Waals surface area contributed by atoms with Crippen molar-refractivity contribution in [3.05, 3.63) is 75.8 Å². The molecular weight excluding hydrogens is 413 g/mol. The van der Waals surface area contributed by atoms with E-state index in [1.54, 1.807) is 30.3 Å².